The zero-order valence-electron chi connectivity index (χ0n) is 25.0. The van der Waals surface area contributed by atoms with Crippen LogP contribution in [0.2, 0.25) is 5.02 Å². The van der Waals surface area contributed by atoms with Gasteiger partial charge < -0.3 is 24.6 Å². The number of amides is 1. The maximum Gasteiger partial charge on any atom is 0.255 e. The van der Waals surface area contributed by atoms with Gasteiger partial charge >= 0.3 is 0 Å². The van der Waals surface area contributed by atoms with Gasteiger partial charge in [-0.15, -0.1) is 0 Å². The first kappa shape index (κ1) is 30.0. The van der Waals surface area contributed by atoms with Crippen molar-refractivity contribution in [3.63, 3.8) is 0 Å². The number of aromatic hydroxyl groups is 1. The van der Waals surface area contributed by atoms with Gasteiger partial charge in [-0.05, 0) is 53.3 Å². The van der Waals surface area contributed by atoms with Crippen molar-refractivity contribution in [1.29, 1.82) is 0 Å². The summed E-state index contributed by atoms with van der Waals surface area (Å²) in [5.74, 6) is 1.22. The molecule has 8 heteroatoms. The number of ether oxygens (including phenoxy) is 3. The molecule has 0 aliphatic heterocycles. The highest BCUT2D eigenvalue weighted by Crippen LogP contribution is 2.48. The van der Waals surface area contributed by atoms with E-state index in [-0.39, 0.29) is 22.5 Å². The van der Waals surface area contributed by atoms with E-state index in [1.807, 2.05) is 53.7 Å². The highest BCUT2D eigenvalue weighted by atomic mass is 35.5. The third-order valence-corrected chi connectivity index (χ3v) is 7.27. The minimum Gasteiger partial charge on any atom is -0.507 e. The Balaban J connectivity index is 1.96. The highest BCUT2D eigenvalue weighted by molar-refractivity contribution is 6.31. The first-order valence-electron chi connectivity index (χ1n) is 13.3. The number of aromatic nitrogens is 1. The van der Waals surface area contributed by atoms with Gasteiger partial charge in [0, 0.05) is 38.2 Å². The Bertz CT molecular complexity index is 1600. The molecule has 0 fully saturated rings. The van der Waals surface area contributed by atoms with Crippen molar-refractivity contribution < 1.29 is 24.1 Å². The van der Waals surface area contributed by atoms with E-state index in [2.05, 4.69) is 10.3 Å². The zero-order valence-corrected chi connectivity index (χ0v) is 25.8. The van der Waals surface area contributed by atoms with Gasteiger partial charge in [-0.3, -0.25) is 9.78 Å². The summed E-state index contributed by atoms with van der Waals surface area (Å²) >= 11 is 6.43. The van der Waals surface area contributed by atoms with Crippen LogP contribution in [0.3, 0.4) is 0 Å². The molecule has 1 heterocycles. The van der Waals surface area contributed by atoms with Crippen LogP contribution in [-0.2, 0) is 10.8 Å². The maximum atomic E-state index is 13.9. The first-order chi connectivity index (χ1) is 19.2. The normalized spacial score (nSPS) is 11.9. The number of methoxy groups -OCH3 is 3. The van der Waals surface area contributed by atoms with Gasteiger partial charge in [0.15, 0.2) is 11.5 Å². The summed E-state index contributed by atoms with van der Waals surface area (Å²) in [4.78, 5) is 18.5. The fraction of sp³-hybridized carbons (Fsp3) is 0.333. The van der Waals surface area contributed by atoms with Crippen molar-refractivity contribution in [3.05, 3.63) is 70.4 Å². The van der Waals surface area contributed by atoms with Crippen molar-refractivity contribution >= 4 is 34.1 Å². The number of phenolic OH excluding ortho intramolecular Hbond substituents is 1. The van der Waals surface area contributed by atoms with Crippen molar-refractivity contribution in [3.8, 4) is 34.1 Å². The molecule has 3 aromatic carbocycles. The van der Waals surface area contributed by atoms with E-state index in [1.54, 1.807) is 57.9 Å². The lowest BCUT2D eigenvalue weighted by Gasteiger charge is -2.28. The molecule has 0 aliphatic rings. The molecule has 4 aromatic rings. The molecule has 7 nitrogen and oxygen atoms in total. The number of nitrogens with one attached hydrogen (secondary N) is 1. The van der Waals surface area contributed by atoms with E-state index in [0.717, 1.165) is 5.39 Å². The molecule has 0 unspecified atom stereocenters. The van der Waals surface area contributed by atoms with Crippen LogP contribution >= 0.6 is 11.6 Å². The highest BCUT2D eigenvalue weighted by Gasteiger charge is 2.29. The summed E-state index contributed by atoms with van der Waals surface area (Å²) in [5, 5.41) is 15.5. The molecular formula is C33H37ClN2O5. The zero-order chi connectivity index (χ0) is 30.3. The summed E-state index contributed by atoms with van der Waals surface area (Å²) in [6, 6.07) is 12.5. The molecule has 0 aliphatic carbocycles. The van der Waals surface area contributed by atoms with Crippen LogP contribution in [0.15, 0.2) is 48.7 Å². The second kappa shape index (κ2) is 11.1. The number of phenols is 1. The molecule has 1 amide bonds. The van der Waals surface area contributed by atoms with Gasteiger partial charge in [0.05, 0.1) is 38.7 Å². The Morgan fingerprint density at radius 3 is 2.00 bits per heavy atom. The molecular weight excluding hydrogens is 540 g/mol. The molecule has 0 saturated carbocycles. The molecule has 0 saturated heterocycles. The van der Waals surface area contributed by atoms with Gasteiger partial charge in [0.2, 0.25) is 5.75 Å². The van der Waals surface area contributed by atoms with Crippen LogP contribution in [0, 0.1) is 0 Å². The van der Waals surface area contributed by atoms with Gasteiger partial charge in [-0.1, -0.05) is 53.1 Å². The summed E-state index contributed by atoms with van der Waals surface area (Å²) in [7, 11) is 4.65. The maximum absolute atomic E-state index is 13.9. The lowest BCUT2D eigenvalue weighted by atomic mass is 9.78. The topological polar surface area (TPSA) is 89.9 Å². The fourth-order valence-corrected chi connectivity index (χ4v) is 5.12. The third kappa shape index (κ3) is 5.77. The van der Waals surface area contributed by atoms with Gasteiger partial charge in [0.25, 0.3) is 5.91 Å². The number of nitrogens with zero attached hydrogens (tertiary/aromatic N) is 1. The largest absolute Gasteiger partial charge is 0.507 e. The van der Waals surface area contributed by atoms with Gasteiger partial charge in [-0.25, -0.2) is 0 Å². The predicted molar refractivity (Wildman–Crippen MR) is 165 cm³/mol. The van der Waals surface area contributed by atoms with Crippen LogP contribution in [0.4, 0.5) is 5.69 Å². The fourth-order valence-electron chi connectivity index (χ4n) is 4.95. The summed E-state index contributed by atoms with van der Waals surface area (Å²) < 4.78 is 16.9. The van der Waals surface area contributed by atoms with Crippen LogP contribution in [0.25, 0.3) is 22.0 Å². The minimum atomic E-state index is -0.389. The lowest BCUT2D eigenvalue weighted by molar-refractivity contribution is 0.102. The molecule has 2 N–H and O–H groups in total. The monoisotopic (exact) mass is 576 g/mol. The van der Waals surface area contributed by atoms with Crippen molar-refractivity contribution in [2.24, 2.45) is 0 Å². The van der Waals surface area contributed by atoms with Gasteiger partial charge in [-0.2, -0.15) is 0 Å². The van der Waals surface area contributed by atoms with E-state index in [0.29, 0.717) is 61.3 Å². The Hall–Kier alpha value is -3.97. The first-order valence-corrected chi connectivity index (χ1v) is 13.7. The van der Waals surface area contributed by atoms with Gasteiger partial charge in [0.1, 0.15) is 5.75 Å². The molecule has 4 rings (SSSR count). The third-order valence-electron chi connectivity index (χ3n) is 7.04. The Kier molecular flexibility index (Phi) is 8.14. The Morgan fingerprint density at radius 1 is 0.854 bits per heavy atom. The van der Waals surface area contributed by atoms with E-state index in [4.69, 9.17) is 25.8 Å². The van der Waals surface area contributed by atoms with E-state index in [1.165, 1.54) is 0 Å². The smallest absolute Gasteiger partial charge is 0.255 e. The van der Waals surface area contributed by atoms with Crippen LogP contribution in [0.1, 0.15) is 63.0 Å². The van der Waals surface area contributed by atoms with E-state index >= 15 is 0 Å². The number of hydrogen-bond donors (Lipinski definition) is 2. The number of hydrogen-bond acceptors (Lipinski definition) is 6. The number of fused-ring (bicyclic) bond motifs is 1. The molecule has 0 bridgehead atoms. The second-order valence-electron chi connectivity index (χ2n) is 12.0. The molecule has 41 heavy (non-hydrogen) atoms. The van der Waals surface area contributed by atoms with Crippen LogP contribution < -0.4 is 19.5 Å². The lowest BCUT2D eigenvalue weighted by Crippen LogP contribution is -2.21. The molecule has 216 valence electrons. The average molecular weight is 577 g/mol. The second-order valence-corrected chi connectivity index (χ2v) is 12.4. The summed E-state index contributed by atoms with van der Waals surface area (Å²) in [5.41, 5.74) is 3.50. The van der Waals surface area contributed by atoms with Crippen LogP contribution in [0.5, 0.6) is 23.0 Å². The number of halogens is 1. The summed E-state index contributed by atoms with van der Waals surface area (Å²) in [6.45, 7) is 12.1. The Morgan fingerprint density at radius 2 is 1.46 bits per heavy atom. The number of carbonyl (C=O) groups excluding carboxylic acids is 1. The number of benzene rings is 3. The number of rotatable bonds is 6. The Labute approximate surface area is 246 Å². The van der Waals surface area contributed by atoms with Crippen molar-refractivity contribution in [2.75, 3.05) is 26.6 Å². The number of pyridine rings is 1. The minimum absolute atomic E-state index is 0.208. The summed E-state index contributed by atoms with van der Waals surface area (Å²) in [6.07, 6.45) is 1.62. The number of anilines is 1. The quantitative estimate of drug-likeness (QED) is 0.241. The predicted octanol–water partition coefficient (Wildman–Crippen LogP) is 8.13. The molecule has 1 aromatic heterocycles. The van der Waals surface area contributed by atoms with E-state index < -0.39 is 0 Å². The van der Waals surface area contributed by atoms with Crippen LogP contribution in [-0.4, -0.2) is 37.3 Å². The molecule has 0 spiro atoms. The SMILES string of the molecule is COc1ccc(-c2c(NC(=O)c3cc(C(C)(C)C)c(O)c(C(C)(C)C)c3)cnc3ccc(Cl)cc23)c(OC)c1OC. The molecule has 0 radical (unpaired) electrons. The van der Waals surface area contributed by atoms with E-state index in [9.17, 15) is 9.90 Å². The number of carbonyl (C=O) groups is 1. The average Bonchev–Trinajstić information content (AvgIpc) is 2.90. The van der Waals surface area contributed by atoms with Crippen molar-refractivity contribution in [2.45, 2.75) is 52.4 Å². The van der Waals surface area contributed by atoms with Crippen molar-refractivity contribution in [1.82, 2.24) is 4.98 Å². The molecule has 0 atom stereocenters. The standard InChI is InChI=1S/C33H37ClN2O5/c1-32(2,3)22-14-18(15-23(28(22)37)33(4,5)6)31(38)36-25-17-35-24-12-10-19(34)16-21(24)27(25)20-11-13-26(39-7)30(41-9)29(20)40-8/h10-17,37H,1-9H3,(H,36,38).